The first-order chi connectivity index (χ1) is 12.6. The molecule has 0 radical (unpaired) electrons. The topological polar surface area (TPSA) is 82.7 Å². The molecule has 0 saturated carbocycles. The van der Waals surface area contributed by atoms with Gasteiger partial charge in [0.05, 0.1) is 5.39 Å². The Morgan fingerprint density at radius 3 is 2.58 bits per heavy atom. The molecule has 3 rings (SSSR count). The molecule has 138 valence electrons. The van der Waals surface area contributed by atoms with Gasteiger partial charge < -0.3 is 15.6 Å². The van der Waals surface area contributed by atoms with E-state index in [4.69, 9.17) is 9.97 Å². The Balaban J connectivity index is 0.00000261. The molecule has 0 atom stereocenters. The number of hydrogen-bond acceptors (Lipinski definition) is 4. The number of fused-ring (bicyclic) bond motifs is 1. The number of H-pyrrole nitrogens is 1. The van der Waals surface area contributed by atoms with Gasteiger partial charge in [-0.2, -0.15) is 0 Å². The van der Waals surface area contributed by atoms with Crippen LogP contribution in [-0.4, -0.2) is 33.9 Å². The van der Waals surface area contributed by atoms with Gasteiger partial charge in [0, 0.05) is 32.7 Å². The van der Waals surface area contributed by atoms with Crippen LogP contribution in [0.25, 0.3) is 22.4 Å². The van der Waals surface area contributed by atoms with Crippen molar-refractivity contribution in [1.29, 1.82) is 0 Å². The van der Waals surface area contributed by atoms with Gasteiger partial charge in [-0.25, -0.2) is 9.97 Å². The van der Waals surface area contributed by atoms with Crippen molar-refractivity contribution in [3.05, 3.63) is 41.6 Å². The van der Waals surface area contributed by atoms with E-state index in [1.54, 1.807) is 0 Å². The van der Waals surface area contributed by atoms with Gasteiger partial charge in [-0.15, -0.1) is 0 Å². The normalized spacial score (nSPS) is 10.9. The highest BCUT2D eigenvalue weighted by Crippen LogP contribution is 2.29. The van der Waals surface area contributed by atoms with Crippen molar-refractivity contribution < 1.29 is 6.22 Å². The van der Waals surface area contributed by atoms with Crippen molar-refractivity contribution in [2.24, 2.45) is 0 Å². The van der Waals surface area contributed by atoms with E-state index in [-0.39, 0.29) is 7.33 Å². The number of aromatic nitrogens is 3. The maximum atomic E-state index is 10.9. The molecule has 0 aliphatic rings. The summed E-state index contributed by atoms with van der Waals surface area (Å²) in [6.07, 6.45) is 1.88. The van der Waals surface area contributed by atoms with E-state index >= 15 is 0 Å². The zero-order chi connectivity index (χ0) is 18.5. The number of hydrogen-bond donors (Lipinski definition) is 3. The molecule has 0 bridgehead atoms. The Bertz CT molecular complexity index is 908. The zero-order valence-corrected chi connectivity index (χ0v) is 15.5. The minimum absolute atomic E-state index is 0. The second-order valence-electron chi connectivity index (χ2n) is 6.48. The summed E-state index contributed by atoms with van der Waals surface area (Å²) in [5, 5.41) is 7.32. The van der Waals surface area contributed by atoms with Gasteiger partial charge in [0.15, 0.2) is 5.82 Å². The van der Waals surface area contributed by atoms with Crippen LogP contribution in [0.15, 0.2) is 30.3 Å². The average molecular weight is 353 g/mol. The largest absolute Gasteiger partial charge is 0.369 e. The first-order valence-corrected chi connectivity index (χ1v) is 8.97. The summed E-state index contributed by atoms with van der Waals surface area (Å²) in [4.78, 5) is 23.8. The lowest BCUT2D eigenvalue weighted by Gasteiger charge is -2.10. The number of nitrogens with one attached hydrogen (secondary N) is 3. The smallest absolute Gasteiger partial charge is 0.216 e. The summed E-state index contributed by atoms with van der Waals surface area (Å²) in [7, 11) is 0. The van der Waals surface area contributed by atoms with Gasteiger partial charge in [0.25, 0.3) is 0 Å². The molecule has 1 aromatic carbocycles. The summed E-state index contributed by atoms with van der Waals surface area (Å²) in [6.45, 7) is 7.17. The number of rotatable bonds is 7. The van der Waals surface area contributed by atoms with Gasteiger partial charge in [0.2, 0.25) is 5.91 Å². The standard InChI is InChI=1S/C20H25N5O.H2/c1-13-14(2)23-20-17(13)19(22-12-8-7-11-21-15(3)26)24-18(25-20)16-9-5-4-6-10-16;/h4-6,9-10H,7-8,11-12H2,1-3H3,(H,21,26)(H2,22,23,24,25);1H. The number of nitrogens with zero attached hydrogens (tertiary/aromatic N) is 2. The number of aryl methyl sites for hydroxylation is 2. The lowest BCUT2D eigenvalue weighted by atomic mass is 10.2. The molecule has 0 unspecified atom stereocenters. The predicted molar refractivity (Wildman–Crippen MR) is 107 cm³/mol. The van der Waals surface area contributed by atoms with Gasteiger partial charge in [-0.1, -0.05) is 30.3 Å². The molecule has 1 amide bonds. The summed E-state index contributed by atoms with van der Waals surface area (Å²) >= 11 is 0. The fraction of sp³-hybridized carbons (Fsp3) is 0.350. The molecule has 3 N–H and O–H groups in total. The molecule has 26 heavy (non-hydrogen) atoms. The lowest BCUT2D eigenvalue weighted by molar-refractivity contribution is -0.118. The van der Waals surface area contributed by atoms with Crippen molar-refractivity contribution in [2.75, 3.05) is 18.4 Å². The molecule has 3 aromatic rings. The van der Waals surface area contributed by atoms with E-state index < -0.39 is 0 Å². The van der Waals surface area contributed by atoms with Crippen molar-refractivity contribution in [2.45, 2.75) is 33.6 Å². The number of carbonyl (C=O) groups excluding carboxylic acids is 1. The van der Waals surface area contributed by atoms with Crippen LogP contribution >= 0.6 is 0 Å². The quantitative estimate of drug-likeness (QED) is 0.564. The highest BCUT2D eigenvalue weighted by atomic mass is 16.1. The fourth-order valence-corrected chi connectivity index (χ4v) is 2.93. The molecule has 0 fully saturated rings. The molecule has 6 heteroatoms. The third-order valence-electron chi connectivity index (χ3n) is 4.45. The van der Waals surface area contributed by atoms with Gasteiger partial charge in [0.1, 0.15) is 11.5 Å². The summed E-state index contributed by atoms with van der Waals surface area (Å²) in [5.41, 5.74) is 4.12. The Hall–Kier alpha value is -2.89. The Labute approximate surface area is 154 Å². The van der Waals surface area contributed by atoms with Crippen molar-refractivity contribution in [1.82, 2.24) is 20.3 Å². The van der Waals surface area contributed by atoms with Crippen LogP contribution in [0.1, 0.15) is 32.4 Å². The van der Waals surface area contributed by atoms with E-state index in [0.717, 1.165) is 47.5 Å². The second-order valence-corrected chi connectivity index (χ2v) is 6.48. The molecule has 0 saturated heterocycles. The Morgan fingerprint density at radius 2 is 1.85 bits per heavy atom. The highest BCUT2D eigenvalue weighted by Gasteiger charge is 2.14. The number of unbranched alkanes of at least 4 members (excludes halogenated alkanes) is 1. The predicted octanol–water partition coefficient (Wildman–Crippen LogP) is 3.82. The van der Waals surface area contributed by atoms with Gasteiger partial charge >= 0.3 is 0 Å². The SMILES string of the molecule is CC(=O)NCCCCNc1nc(-c2ccccc2)nc2[nH]c(C)c(C)c12.[HH]. The van der Waals surface area contributed by atoms with E-state index in [0.29, 0.717) is 12.4 Å². The molecular formula is C20H27N5O. The van der Waals surface area contributed by atoms with E-state index in [9.17, 15) is 4.79 Å². The Morgan fingerprint density at radius 1 is 1.12 bits per heavy atom. The van der Waals surface area contributed by atoms with Crippen LogP contribution in [0.5, 0.6) is 0 Å². The van der Waals surface area contributed by atoms with E-state index in [1.807, 2.05) is 30.3 Å². The summed E-state index contributed by atoms with van der Waals surface area (Å²) < 4.78 is 0. The number of aromatic amines is 1. The van der Waals surface area contributed by atoms with Crippen LogP contribution in [-0.2, 0) is 4.79 Å². The number of benzene rings is 1. The van der Waals surface area contributed by atoms with Crippen molar-refractivity contribution in [3.63, 3.8) is 0 Å². The fourth-order valence-electron chi connectivity index (χ4n) is 2.93. The first kappa shape index (κ1) is 17.9. The van der Waals surface area contributed by atoms with Crippen LogP contribution in [0.3, 0.4) is 0 Å². The summed E-state index contributed by atoms with van der Waals surface area (Å²) in [6, 6.07) is 9.99. The minimum Gasteiger partial charge on any atom is -0.369 e. The first-order valence-electron chi connectivity index (χ1n) is 8.97. The maximum Gasteiger partial charge on any atom is 0.216 e. The number of anilines is 1. The van der Waals surface area contributed by atoms with Crippen LogP contribution in [0.4, 0.5) is 5.82 Å². The van der Waals surface area contributed by atoms with Crippen LogP contribution < -0.4 is 10.6 Å². The molecule has 2 heterocycles. The lowest BCUT2D eigenvalue weighted by Crippen LogP contribution is -2.21. The van der Waals surface area contributed by atoms with Gasteiger partial charge in [-0.3, -0.25) is 4.79 Å². The molecule has 2 aromatic heterocycles. The molecule has 0 aliphatic heterocycles. The van der Waals surface area contributed by atoms with Gasteiger partial charge in [-0.05, 0) is 32.3 Å². The molecule has 6 nitrogen and oxygen atoms in total. The van der Waals surface area contributed by atoms with Crippen LogP contribution in [0.2, 0.25) is 0 Å². The second kappa shape index (κ2) is 7.99. The molecular weight excluding hydrogens is 326 g/mol. The van der Waals surface area contributed by atoms with E-state index in [1.165, 1.54) is 12.5 Å². The van der Waals surface area contributed by atoms with Crippen molar-refractivity contribution in [3.8, 4) is 11.4 Å². The monoisotopic (exact) mass is 353 g/mol. The zero-order valence-electron chi connectivity index (χ0n) is 15.5. The minimum atomic E-state index is 0. The van der Waals surface area contributed by atoms with Crippen LogP contribution in [0, 0.1) is 13.8 Å². The third-order valence-corrected chi connectivity index (χ3v) is 4.45. The number of carbonyl (C=O) groups is 1. The average Bonchev–Trinajstić information content (AvgIpc) is 2.92. The summed E-state index contributed by atoms with van der Waals surface area (Å²) in [5.74, 6) is 1.58. The highest BCUT2D eigenvalue weighted by molar-refractivity contribution is 5.92. The van der Waals surface area contributed by atoms with E-state index in [2.05, 4.69) is 29.5 Å². The molecule has 0 spiro atoms. The Kier molecular flexibility index (Phi) is 5.51. The third kappa shape index (κ3) is 4.02. The number of amides is 1. The maximum absolute atomic E-state index is 10.9. The molecule has 0 aliphatic carbocycles. The van der Waals surface area contributed by atoms with Crippen molar-refractivity contribution >= 4 is 22.8 Å².